The van der Waals surface area contributed by atoms with E-state index in [9.17, 15) is 9.59 Å². The summed E-state index contributed by atoms with van der Waals surface area (Å²) in [5.41, 5.74) is 0.164. The Hall–Kier alpha value is -0.0479. The van der Waals surface area contributed by atoms with Crippen LogP contribution >= 0.6 is 11.8 Å². The van der Waals surface area contributed by atoms with Gasteiger partial charge in [0.05, 0.1) is 0 Å². The number of nitrogens with one attached hydrogen (secondary N) is 1. The summed E-state index contributed by atoms with van der Waals surface area (Å²) in [4.78, 5) is 24.2. The fourth-order valence-corrected chi connectivity index (χ4v) is 5.27. The van der Waals surface area contributed by atoms with Crippen molar-refractivity contribution in [2.45, 2.75) is 8.85 Å². The molecule has 0 spiro atoms. The summed E-state index contributed by atoms with van der Waals surface area (Å²) in [6.07, 6.45) is 1.84. The molecule has 1 aliphatic heterocycles. The molecule has 1 saturated heterocycles. The number of amides is 2. The zero-order chi connectivity index (χ0) is 10.9. The van der Waals surface area contributed by atoms with Crippen molar-refractivity contribution in [3.63, 3.8) is 0 Å². The van der Waals surface area contributed by atoms with Crippen molar-refractivity contribution < 1.29 is 9.59 Å². The number of rotatable bonds is 2. The standard InChI is InChI=1S/C8H11N2O2S.Pb/c1-5-6(11)10(3)8(2,13-4)7(12)9-5;/h1-2H2,3-4H3,(H,9,12);. The van der Waals surface area contributed by atoms with Crippen LogP contribution in [0.2, 0.25) is 3.98 Å². The third kappa shape index (κ3) is 1.60. The first-order chi connectivity index (χ1) is 6.49. The van der Waals surface area contributed by atoms with E-state index in [1.54, 1.807) is 7.05 Å². The van der Waals surface area contributed by atoms with Gasteiger partial charge in [0.25, 0.3) is 0 Å². The van der Waals surface area contributed by atoms with Crippen molar-refractivity contribution in [1.29, 1.82) is 0 Å². The van der Waals surface area contributed by atoms with Gasteiger partial charge < -0.3 is 0 Å². The molecule has 1 fully saturated rings. The Morgan fingerprint density at radius 3 is 2.64 bits per heavy atom. The number of hydrogen-bond acceptors (Lipinski definition) is 3. The molecule has 0 aliphatic carbocycles. The zero-order valence-electron chi connectivity index (χ0n) is 8.09. The average molecular weight is 406 g/mol. The molecule has 0 aromatic carbocycles. The van der Waals surface area contributed by atoms with E-state index >= 15 is 0 Å². The van der Waals surface area contributed by atoms with E-state index in [-0.39, 0.29) is 17.5 Å². The van der Waals surface area contributed by atoms with Gasteiger partial charge in [-0.25, -0.2) is 0 Å². The van der Waals surface area contributed by atoms with Gasteiger partial charge in [-0.05, 0) is 0 Å². The predicted molar refractivity (Wildman–Crippen MR) is 56.9 cm³/mol. The second-order valence-electron chi connectivity index (χ2n) is 2.96. The van der Waals surface area contributed by atoms with Crippen molar-refractivity contribution >= 4 is 49.3 Å². The van der Waals surface area contributed by atoms with E-state index in [0.717, 1.165) is 29.7 Å². The number of carbonyl (C=O) groups excluding carboxylic acids is 2. The minimum atomic E-state index is -0.718. The SMILES string of the molecule is C=C1NC(=O)C([CH2][Pb])(SC)N(C)C1=O. The van der Waals surface area contributed by atoms with Gasteiger partial charge in [-0.3, -0.25) is 0 Å². The molecule has 0 bridgehead atoms. The number of nitrogens with zero attached hydrogens (tertiary/aromatic N) is 1. The van der Waals surface area contributed by atoms with Crippen molar-refractivity contribution in [1.82, 2.24) is 10.2 Å². The van der Waals surface area contributed by atoms with E-state index < -0.39 is 4.87 Å². The Labute approximate surface area is 103 Å². The van der Waals surface area contributed by atoms with Crippen LogP contribution in [0.15, 0.2) is 12.3 Å². The van der Waals surface area contributed by atoms with Crippen LogP contribution in [0, 0.1) is 0 Å². The third-order valence-electron chi connectivity index (χ3n) is 2.30. The molecule has 0 aromatic heterocycles. The van der Waals surface area contributed by atoms with Crippen molar-refractivity contribution in [2.75, 3.05) is 13.3 Å². The van der Waals surface area contributed by atoms with E-state index in [0.29, 0.717) is 0 Å². The summed E-state index contributed by atoms with van der Waals surface area (Å²) >= 11 is 2.27. The Balaban J connectivity index is 3.11. The van der Waals surface area contributed by atoms with Gasteiger partial charge in [-0.1, -0.05) is 0 Å². The molecule has 75 valence electrons. The molecule has 0 aromatic rings. The van der Waals surface area contributed by atoms with Crippen molar-refractivity contribution in [3.05, 3.63) is 12.3 Å². The average Bonchev–Trinajstić information content (AvgIpc) is 2.17. The molecule has 6 heteroatoms. The zero-order valence-corrected chi connectivity index (χ0v) is 12.8. The van der Waals surface area contributed by atoms with Gasteiger partial charge >= 0.3 is 104 Å². The summed E-state index contributed by atoms with van der Waals surface area (Å²) in [7, 11) is 1.65. The predicted octanol–water partition coefficient (Wildman–Crippen LogP) is -0.266. The molecular formula is C8H11N2O2PbS. The van der Waals surface area contributed by atoms with Crippen LogP contribution in [0.4, 0.5) is 0 Å². The number of likely N-dealkylation sites (N-methyl/N-ethyl adjacent to an activating group) is 1. The van der Waals surface area contributed by atoms with E-state index in [1.165, 1.54) is 16.7 Å². The number of piperazine rings is 1. The molecular weight excluding hydrogens is 395 g/mol. The number of thioether (sulfide) groups is 1. The fraction of sp³-hybridized carbons (Fsp3) is 0.500. The molecule has 1 unspecified atom stereocenters. The molecule has 1 heterocycles. The summed E-state index contributed by atoms with van der Waals surface area (Å²) in [6, 6.07) is 0. The third-order valence-corrected chi connectivity index (χ3v) is 6.57. The second kappa shape index (κ2) is 4.21. The van der Waals surface area contributed by atoms with Crippen LogP contribution in [-0.2, 0) is 9.59 Å². The van der Waals surface area contributed by atoms with E-state index in [4.69, 9.17) is 0 Å². The van der Waals surface area contributed by atoms with Crippen LogP contribution in [0.3, 0.4) is 0 Å². The van der Waals surface area contributed by atoms with Crippen LogP contribution in [0.25, 0.3) is 0 Å². The van der Waals surface area contributed by atoms with Gasteiger partial charge in [0.1, 0.15) is 0 Å². The quantitative estimate of drug-likeness (QED) is 0.508. The monoisotopic (exact) mass is 407 g/mol. The van der Waals surface area contributed by atoms with Crippen molar-refractivity contribution in [2.24, 2.45) is 0 Å². The van der Waals surface area contributed by atoms with Crippen molar-refractivity contribution in [3.8, 4) is 0 Å². The molecule has 4 nitrogen and oxygen atoms in total. The minimum absolute atomic E-state index is 0.132. The van der Waals surface area contributed by atoms with Gasteiger partial charge in [0, 0.05) is 0 Å². The van der Waals surface area contributed by atoms with Gasteiger partial charge in [-0.2, -0.15) is 0 Å². The molecule has 3 radical (unpaired) electrons. The summed E-state index contributed by atoms with van der Waals surface area (Å²) < 4.78 is 0.718. The molecule has 1 aliphatic rings. The van der Waals surface area contributed by atoms with Crippen LogP contribution in [0.1, 0.15) is 0 Å². The Bertz CT molecular complexity index is 302. The van der Waals surface area contributed by atoms with Crippen LogP contribution < -0.4 is 5.32 Å². The maximum atomic E-state index is 11.8. The van der Waals surface area contributed by atoms with Gasteiger partial charge in [0.2, 0.25) is 0 Å². The van der Waals surface area contributed by atoms with Crippen LogP contribution in [0.5, 0.6) is 0 Å². The maximum absolute atomic E-state index is 11.8. The molecule has 2 amide bonds. The number of carbonyl (C=O) groups is 2. The number of hydrogen-bond donors (Lipinski definition) is 1. The first-order valence-electron chi connectivity index (χ1n) is 3.98. The molecule has 1 atom stereocenters. The normalized spacial score (nSPS) is 27.9. The summed E-state index contributed by atoms with van der Waals surface area (Å²) in [5, 5.41) is 2.53. The Morgan fingerprint density at radius 2 is 2.21 bits per heavy atom. The fourth-order valence-electron chi connectivity index (χ4n) is 1.31. The Kier molecular flexibility index (Phi) is 3.62. The van der Waals surface area contributed by atoms with E-state index in [2.05, 4.69) is 11.9 Å². The Morgan fingerprint density at radius 1 is 1.64 bits per heavy atom. The van der Waals surface area contributed by atoms with Gasteiger partial charge in [0.15, 0.2) is 0 Å². The first kappa shape index (κ1) is 12.0. The molecule has 14 heavy (non-hydrogen) atoms. The molecule has 0 saturated carbocycles. The topological polar surface area (TPSA) is 49.4 Å². The van der Waals surface area contributed by atoms with Gasteiger partial charge in [-0.15, -0.1) is 0 Å². The second-order valence-corrected chi connectivity index (χ2v) is 5.42. The molecule has 1 rings (SSSR count). The van der Waals surface area contributed by atoms with E-state index in [1.807, 2.05) is 6.26 Å². The first-order valence-corrected chi connectivity index (χ1v) is 7.95. The summed E-state index contributed by atoms with van der Waals surface area (Å²) in [5.74, 6) is -0.332. The van der Waals surface area contributed by atoms with Crippen LogP contribution in [-0.4, -0.2) is 60.7 Å². The molecule has 1 N–H and O–H groups in total. The summed E-state index contributed by atoms with van der Waals surface area (Å²) in [6.45, 7) is 3.51.